The van der Waals surface area contributed by atoms with Crippen molar-refractivity contribution in [3.63, 3.8) is 0 Å². The first kappa shape index (κ1) is 28.0. The van der Waals surface area contributed by atoms with Crippen LogP contribution in [0, 0.1) is 6.92 Å². The van der Waals surface area contributed by atoms with E-state index in [9.17, 15) is 0 Å². The zero-order chi connectivity index (χ0) is 24.8. The molecule has 186 valence electrons. The minimum Gasteiger partial charge on any atom is -0.365 e. The smallest absolute Gasteiger partial charge is 0.0867 e. The van der Waals surface area contributed by atoms with Crippen molar-refractivity contribution in [1.29, 1.82) is 0 Å². The predicted octanol–water partition coefficient (Wildman–Crippen LogP) is 8.26. The van der Waals surface area contributed by atoms with Crippen molar-refractivity contribution in [2.24, 2.45) is 0 Å². The molecule has 0 spiro atoms. The summed E-state index contributed by atoms with van der Waals surface area (Å²) in [5, 5.41) is 11.2. The number of thioether (sulfide) groups is 1. The number of aromatic amines is 2. The Balaban J connectivity index is 1.91. The number of allylic oxidation sites excluding steroid dienone is 7. The van der Waals surface area contributed by atoms with E-state index in [1.807, 2.05) is 24.2 Å². The van der Waals surface area contributed by atoms with E-state index in [-0.39, 0.29) is 0 Å². The molecule has 0 aromatic carbocycles. The van der Waals surface area contributed by atoms with Gasteiger partial charge in [0.05, 0.1) is 11.9 Å². The Bertz CT molecular complexity index is 952. The first-order valence-corrected chi connectivity index (χ1v) is 13.7. The van der Waals surface area contributed by atoms with Crippen molar-refractivity contribution in [1.82, 2.24) is 20.4 Å². The normalized spacial score (nSPS) is 13.1. The lowest BCUT2D eigenvalue weighted by Gasteiger charge is -2.14. The van der Waals surface area contributed by atoms with E-state index in [1.54, 1.807) is 5.57 Å². The Kier molecular flexibility index (Phi) is 12.8. The van der Waals surface area contributed by atoms with E-state index in [0.29, 0.717) is 5.92 Å². The number of rotatable bonds is 15. The van der Waals surface area contributed by atoms with Crippen molar-refractivity contribution in [3.05, 3.63) is 82.0 Å². The van der Waals surface area contributed by atoms with Crippen molar-refractivity contribution in [3.8, 4) is 0 Å². The number of hydrogen-bond donors (Lipinski definition) is 2. The zero-order valence-corrected chi connectivity index (χ0v) is 22.9. The molecular weight excluding hydrogens is 436 g/mol. The van der Waals surface area contributed by atoms with Gasteiger partial charge in [-0.05, 0) is 91.7 Å². The van der Waals surface area contributed by atoms with Crippen molar-refractivity contribution >= 4 is 11.8 Å². The molecule has 0 radical (unpaired) electrons. The van der Waals surface area contributed by atoms with Crippen LogP contribution in [-0.4, -0.2) is 31.9 Å². The van der Waals surface area contributed by atoms with Crippen LogP contribution >= 0.6 is 11.8 Å². The van der Waals surface area contributed by atoms with Crippen LogP contribution in [0.3, 0.4) is 0 Å². The Morgan fingerprint density at radius 2 is 1.76 bits per heavy atom. The van der Waals surface area contributed by atoms with Gasteiger partial charge in [0.2, 0.25) is 0 Å². The lowest BCUT2D eigenvalue weighted by molar-refractivity contribution is 0.719. The molecule has 5 heteroatoms. The summed E-state index contributed by atoms with van der Waals surface area (Å²) in [7, 11) is 0. The number of aromatic nitrogens is 4. The number of nitrogens with zero attached hydrogens (tertiary/aromatic N) is 2. The van der Waals surface area contributed by atoms with E-state index in [4.69, 9.17) is 0 Å². The van der Waals surface area contributed by atoms with Crippen LogP contribution in [0.15, 0.2) is 65.1 Å². The van der Waals surface area contributed by atoms with Gasteiger partial charge in [-0.3, -0.25) is 0 Å². The third kappa shape index (κ3) is 11.2. The summed E-state index contributed by atoms with van der Waals surface area (Å²) in [6.07, 6.45) is 20.1. The molecule has 0 saturated carbocycles. The second-order valence-corrected chi connectivity index (χ2v) is 10.8. The minimum absolute atomic E-state index is 0.349. The van der Waals surface area contributed by atoms with E-state index in [1.165, 1.54) is 28.0 Å². The molecular formula is C29H44N4S. The third-order valence-corrected chi connectivity index (χ3v) is 7.04. The lowest BCUT2D eigenvalue weighted by Crippen LogP contribution is -2.08. The van der Waals surface area contributed by atoms with Gasteiger partial charge in [-0.1, -0.05) is 46.6 Å². The fraction of sp³-hybridized carbons (Fsp3) is 0.517. The van der Waals surface area contributed by atoms with Gasteiger partial charge in [0, 0.05) is 29.3 Å². The van der Waals surface area contributed by atoms with Gasteiger partial charge in [0.1, 0.15) is 0 Å². The SMILES string of the molecule is CC(C)=CCCC(C)=CCCC(=CCSCC(Cc1[nH]ccc1C)c1cn[nH]n1)CC=C(C)C. The van der Waals surface area contributed by atoms with E-state index >= 15 is 0 Å². The Morgan fingerprint density at radius 1 is 1.00 bits per heavy atom. The lowest BCUT2D eigenvalue weighted by atomic mass is 10.0. The summed E-state index contributed by atoms with van der Waals surface area (Å²) in [6, 6.07) is 2.14. The summed E-state index contributed by atoms with van der Waals surface area (Å²) in [4.78, 5) is 3.39. The maximum Gasteiger partial charge on any atom is 0.0867 e. The average Bonchev–Trinajstić information content (AvgIpc) is 3.45. The van der Waals surface area contributed by atoms with Crippen LogP contribution in [0.5, 0.6) is 0 Å². The molecule has 0 saturated heterocycles. The second-order valence-electron chi connectivity index (χ2n) is 9.73. The Hall–Kier alpha value is -2.27. The molecule has 0 bridgehead atoms. The highest BCUT2D eigenvalue weighted by Crippen LogP contribution is 2.25. The molecule has 0 aliphatic carbocycles. The quantitative estimate of drug-likeness (QED) is 0.199. The van der Waals surface area contributed by atoms with E-state index < -0.39 is 0 Å². The Morgan fingerprint density at radius 3 is 2.41 bits per heavy atom. The summed E-state index contributed by atoms with van der Waals surface area (Å²) in [5.74, 6) is 2.41. The molecule has 2 heterocycles. The molecule has 0 aliphatic rings. The highest BCUT2D eigenvalue weighted by Gasteiger charge is 2.17. The molecule has 4 nitrogen and oxygen atoms in total. The zero-order valence-electron chi connectivity index (χ0n) is 22.1. The molecule has 0 aliphatic heterocycles. The summed E-state index contributed by atoms with van der Waals surface area (Å²) < 4.78 is 0. The van der Waals surface area contributed by atoms with Gasteiger partial charge in [-0.25, -0.2) is 0 Å². The molecule has 1 atom stereocenters. The molecule has 2 rings (SSSR count). The monoisotopic (exact) mass is 480 g/mol. The van der Waals surface area contributed by atoms with Crippen LogP contribution in [0.4, 0.5) is 0 Å². The van der Waals surface area contributed by atoms with Gasteiger partial charge in [0.15, 0.2) is 0 Å². The fourth-order valence-corrected chi connectivity index (χ4v) is 4.87. The summed E-state index contributed by atoms with van der Waals surface area (Å²) >= 11 is 1.99. The summed E-state index contributed by atoms with van der Waals surface area (Å²) in [6.45, 7) is 13.1. The first-order valence-electron chi connectivity index (χ1n) is 12.5. The number of aryl methyl sites for hydroxylation is 1. The van der Waals surface area contributed by atoms with E-state index in [0.717, 1.165) is 55.7 Å². The molecule has 2 aromatic heterocycles. The van der Waals surface area contributed by atoms with Crippen molar-refractivity contribution in [2.45, 2.75) is 86.0 Å². The van der Waals surface area contributed by atoms with Crippen molar-refractivity contribution in [2.75, 3.05) is 11.5 Å². The van der Waals surface area contributed by atoms with Crippen LogP contribution in [0.2, 0.25) is 0 Å². The number of hydrogen-bond acceptors (Lipinski definition) is 3. The fourth-order valence-electron chi connectivity index (χ4n) is 3.81. The molecule has 34 heavy (non-hydrogen) atoms. The van der Waals surface area contributed by atoms with Gasteiger partial charge in [0.25, 0.3) is 0 Å². The molecule has 0 amide bonds. The van der Waals surface area contributed by atoms with Crippen molar-refractivity contribution < 1.29 is 0 Å². The predicted molar refractivity (Wildman–Crippen MR) is 149 cm³/mol. The van der Waals surface area contributed by atoms with Gasteiger partial charge in [-0.2, -0.15) is 27.2 Å². The number of nitrogens with one attached hydrogen (secondary N) is 2. The second kappa shape index (κ2) is 15.6. The molecule has 2 N–H and O–H groups in total. The van der Waals surface area contributed by atoms with Crippen LogP contribution < -0.4 is 0 Å². The molecule has 1 unspecified atom stereocenters. The third-order valence-electron chi connectivity index (χ3n) is 6.00. The standard InChI is InChI=1S/C29H44N4S/c1-22(2)9-7-10-24(5)11-8-12-26(14-13-23(3)4)16-18-34-21-27(29-20-31-33-32-29)19-28-25(6)15-17-30-28/h9,11,13,15-17,20,27,30H,7-8,10,12,14,18-19,21H2,1-6H3,(H,31,32,33). The van der Waals surface area contributed by atoms with Gasteiger partial charge >= 0.3 is 0 Å². The van der Waals surface area contributed by atoms with Gasteiger partial charge < -0.3 is 4.98 Å². The first-order chi connectivity index (χ1) is 16.3. The average molecular weight is 481 g/mol. The largest absolute Gasteiger partial charge is 0.365 e. The maximum absolute atomic E-state index is 4.38. The highest BCUT2D eigenvalue weighted by molar-refractivity contribution is 7.99. The Labute approximate surface area is 211 Å². The highest BCUT2D eigenvalue weighted by atomic mass is 32.2. The molecule has 0 fully saturated rings. The van der Waals surface area contributed by atoms with Crippen LogP contribution in [0.1, 0.15) is 89.6 Å². The number of H-pyrrole nitrogens is 2. The van der Waals surface area contributed by atoms with Crippen LogP contribution in [-0.2, 0) is 6.42 Å². The maximum atomic E-state index is 4.38. The minimum atomic E-state index is 0.349. The summed E-state index contributed by atoms with van der Waals surface area (Å²) in [5.41, 5.74) is 9.49. The van der Waals surface area contributed by atoms with E-state index in [2.05, 4.69) is 92.3 Å². The van der Waals surface area contributed by atoms with Gasteiger partial charge in [-0.15, -0.1) is 0 Å². The topological polar surface area (TPSA) is 57.4 Å². The van der Waals surface area contributed by atoms with Crippen LogP contribution in [0.25, 0.3) is 0 Å². The molecule has 2 aromatic rings.